The van der Waals surface area contributed by atoms with Crippen molar-refractivity contribution in [2.75, 3.05) is 13.2 Å². The zero-order valence-corrected chi connectivity index (χ0v) is 14.9. The summed E-state index contributed by atoms with van der Waals surface area (Å²) in [6, 6.07) is 6.58. The van der Waals surface area contributed by atoms with Crippen molar-refractivity contribution in [3.63, 3.8) is 0 Å². The number of aliphatic hydroxyl groups excluding tert-OH is 1. The molecule has 0 saturated heterocycles. The molecule has 2 rings (SSSR count). The van der Waals surface area contributed by atoms with E-state index in [1.54, 1.807) is 31.2 Å². The molecule has 0 bridgehead atoms. The summed E-state index contributed by atoms with van der Waals surface area (Å²) in [5.74, 6) is 1.53. The fraction of sp³-hybridized carbons (Fsp3) is 0.353. The van der Waals surface area contributed by atoms with Gasteiger partial charge in [0.2, 0.25) is 0 Å². The van der Waals surface area contributed by atoms with Crippen LogP contribution in [0.25, 0.3) is 0 Å². The number of hydrogen-bond donors (Lipinski definition) is 2. The molecule has 5 nitrogen and oxygen atoms in total. The van der Waals surface area contributed by atoms with Crippen LogP contribution < -0.4 is 10.1 Å². The normalized spacial score (nSPS) is 12.0. The number of aryl methyl sites for hydroxylation is 2. The Morgan fingerprint density at radius 1 is 1.33 bits per heavy atom. The van der Waals surface area contributed by atoms with Crippen molar-refractivity contribution in [2.24, 2.45) is 0 Å². The summed E-state index contributed by atoms with van der Waals surface area (Å²) < 4.78 is 10.7. The average Bonchev–Trinajstić information content (AvgIpc) is 2.85. The minimum atomic E-state index is -0.686. The number of hydrogen-bond acceptors (Lipinski definition) is 4. The molecule has 0 radical (unpaired) electrons. The smallest absolute Gasteiger partial charge is 0.257 e. The first-order valence-electron chi connectivity index (χ1n) is 7.46. The van der Waals surface area contributed by atoms with Gasteiger partial charge in [0.15, 0.2) is 6.61 Å². The Morgan fingerprint density at radius 3 is 2.71 bits per heavy atom. The summed E-state index contributed by atoms with van der Waals surface area (Å²) in [6.07, 6.45) is -0.304. The van der Waals surface area contributed by atoms with Crippen LogP contribution in [0.1, 0.15) is 29.6 Å². The molecule has 0 spiro atoms. The molecule has 1 heterocycles. The topological polar surface area (TPSA) is 71.7 Å². The molecule has 0 aliphatic rings. The molecule has 1 aromatic heterocycles. The summed E-state index contributed by atoms with van der Waals surface area (Å²) in [5, 5.41) is 13.7. The quantitative estimate of drug-likeness (QED) is 0.775. The van der Waals surface area contributed by atoms with Gasteiger partial charge in [-0.3, -0.25) is 4.79 Å². The zero-order valence-electron chi connectivity index (χ0n) is 13.4. The third-order valence-electron chi connectivity index (χ3n) is 3.43. The Bertz CT molecular complexity index is 715. The van der Waals surface area contributed by atoms with E-state index in [0.29, 0.717) is 34.5 Å². The second-order valence-electron chi connectivity index (χ2n) is 5.39. The standard InChI is InChI=1S/C17H19Cl2NO4/c1-10-7-13(11(2)24-10)15(21)5-6-20-17(22)9-23-16-4-3-12(18)8-14(16)19/h3-4,7-8,15,21H,5-6,9H2,1-2H3,(H,20,22). The van der Waals surface area contributed by atoms with E-state index in [1.165, 1.54) is 0 Å². The maximum Gasteiger partial charge on any atom is 0.257 e. The van der Waals surface area contributed by atoms with Gasteiger partial charge < -0.3 is 19.6 Å². The molecule has 0 fully saturated rings. The van der Waals surface area contributed by atoms with Crippen molar-refractivity contribution in [3.05, 3.63) is 51.4 Å². The Morgan fingerprint density at radius 2 is 2.08 bits per heavy atom. The van der Waals surface area contributed by atoms with Crippen molar-refractivity contribution >= 4 is 29.1 Å². The highest BCUT2D eigenvalue weighted by molar-refractivity contribution is 6.35. The molecule has 7 heteroatoms. The van der Waals surface area contributed by atoms with Gasteiger partial charge in [0.25, 0.3) is 5.91 Å². The van der Waals surface area contributed by atoms with Gasteiger partial charge in [-0.1, -0.05) is 23.2 Å². The number of halogens is 2. The van der Waals surface area contributed by atoms with Gasteiger partial charge in [-0.2, -0.15) is 0 Å². The molecule has 1 unspecified atom stereocenters. The summed E-state index contributed by atoms with van der Waals surface area (Å²) in [5.41, 5.74) is 0.742. The first-order valence-corrected chi connectivity index (χ1v) is 8.22. The third-order valence-corrected chi connectivity index (χ3v) is 3.96. The number of furan rings is 1. The maximum atomic E-state index is 11.8. The molecule has 1 atom stereocenters. The van der Waals surface area contributed by atoms with Crippen molar-refractivity contribution in [3.8, 4) is 5.75 Å². The van der Waals surface area contributed by atoms with Gasteiger partial charge in [0.1, 0.15) is 17.3 Å². The zero-order chi connectivity index (χ0) is 17.7. The summed E-state index contributed by atoms with van der Waals surface area (Å²) in [4.78, 5) is 11.8. The first kappa shape index (κ1) is 18.6. The van der Waals surface area contributed by atoms with E-state index in [-0.39, 0.29) is 12.5 Å². The highest BCUT2D eigenvalue weighted by Gasteiger charge is 2.14. The van der Waals surface area contributed by atoms with E-state index in [0.717, 1.165) is 11.3 Å². The predicted molar refractivity (Wildman–Crippen MR) is 92.7 cm³/mol. The molecule has 1 amide bonds. The predicted octanol–water partition coefficient (Wildman–Crippen LogP) is 3.82. The number of nitrogens with one attached hydrogen (secondary N) is 1. The molecule has 1 aromatic carbocycles. The van der Waals surface area contributed by atoms with Crippen LogP contribution in [0.2, 0.25) is 10.0 Å². The Balaban J connectivity index is 1.74. The van der Waals surface area contributed by atoms with E-state index < -0.39 is 6.10 Å². The largest absolute Gasteiger partial charge is 0.482 e. The van der Waals surface area contributed by atoms with Gasteiger partial charge in [0.05, 0.1) is 11.1 Å². The average molecular weight is 372 g/mol. The Hall–Kier alpha value is -1.69. The lowest BCUT2D eigenvalue weighted by Gasteiger charge is -2.11. The minimum Gasteiger partial charge on any atom is -0.482 e. The van der Waals surface area contributed by atoms with Crippen LogP contribution in [0.3, 0.4) is 0 Å². The molecule has 0 aliphatic carbocycles. The number of benzene rings is 1. The van der Waals surface area contributed by atoms with Crippen LogP contribution in [-0.4, -0.2) is 24.2 Å². The van der Waals surface area contributed by atoms with E-state index in [4.69, 9.17) is 32.4 Å². The lowest BCUT2D eigenvalue weighted by atomic mass is 10.1. The SMILES string of the molecule is Cc1cc(C(O)CCNC(=O)COc2ccc(Cl)cc2Cl)c(C)o1. The van der Waals surface area contributed by atoms with E-state index in [9.17, 15) is 9.90 Å². The van der Waals surface area contributed by atoms with Crippen molar-refractivity contribution in [2.45, 2.75) is 26.4 Å². The second-order valence-corrected chi connectivity index (χ2v) is 6.23. The minimum absolute atomic E-state index is 0.165. The van der Waals surface area contributed by atoms with Crippen LogP contribution >= 0.6 is 23.2 Å². The fourth-order valence-corrected chi connectivity index (χ4v) is 2.73. The molecule has 130 valence electrons. The van der Waals surface area contributed by atoms with Gasteiger partial charge in [-0.05, 0) is 44.5 Å². The lowest BCUT2D eigenvalue weighted by Crippen LogP contribution is -2.30. The van der Waals surface area contributed by atoms with Crippen LogP contribution in [0.5, 0.6) is 5.75 Å². The molecule has 0 saturated carbocycles. The first-order chi connectivity index (χ1) is 11.4. The monoisotopic (exact) mass is 371 g/mol. The Kier molecular flexibility index (Phi) is 6.54. The lowest BCUT2D eigenvalue weighted by molar-refractivity contribution is -0.123. The number of ether oxygens (including phenoxy) is 1. The van der Waals surface area contributed by atoms with Crippen molar-refractivity contribution in [1.29, 1.82) is 0 Å². The van der Waals surface area contributed by atoms with Crippen molar-refractivity contribution in [1.82, 2.24) is 5.32 Å². The number of carbonyl (C=O) groups is 1. The highest BCUT2D eigenvalue weighted by Crippen LogP contribution is 2.27. The van der Waals surface area contributed by atoms with Crippen LogP contribution in [0, 0.1) is 13.8 Å². The van der Waals surface area contributed by atoms with Gasteiger partial charge in [-0.25, -0.2) is 0 Å². The Labute approximate surface area is 150 Å². The third kappa shape index (κ3) is 5.16. The van der Waals surface area contributed by atoms with E-state index >= 15 is 0 Å². The van der Waals surface area contributed by atoms with Crippen molar-refractivity contribution < 1.29 is 19.1 Å². The number of rotatable bonds is 7. The van der Waals surface area contributed by atoms with Gasteiger partial charge in [-0.15, -0.1) is 0 Å². The van der Waals surface area contributed by atoms with Gasteiger partial charge in [0, 0.05) is 17.1 Å². The molecule has 2 aromatic rings. The highest BCUT2D eigenvalue weighted by atomic mass is 35.5. The number of carbonyl (C=O) groups excluding carboxylic acids is 1. The van der Waals surface area contributed by atoms with Crippen LogP contribution in [0.15, 0.2) is 28.7 Å². The van der Waals surface area contributed by atoms with E-state index in [1.807, 2.05) is 6.92 Å². The summed E-state index contributed by atoms with van der Waals surface area (Å²) in [7, 11) is 0. The van der Waals surface area contributed by atoms with Crippen LogP contribution in [0.4, 0.5) is 0 Å². The molecule has 0 aliphatic heterocycles. The molecular formula is C17H19Cl2NO4. The molecule has 24 heavy (non-hydrogen) atoms. The number of aliphatic hydroxyl groups is 1. The molecular weight excluding hydrogens is 353 g/mol. The van der Waals surface area contributed by atoms with Crippen LogP contribution in [-0.2, 0) is 4.79 Å². The maximum absolute atomic E-state index is 11.8. The van der Waals surface area contributed by atoms with E-state index in [2.05, 4.69) is 5.32 Å². The summed E-state index contributed by atoms with van der Waals surface area (Å²) in [6.45, 7) is 3.78. The number of amides is 1. The molecule has 2 N–H and O–H groups in total. The summed E-state index contributed by atoms with van der Waals surface area (Å²) >= 11 is 11.8. The fourth-order valence-electron chi connectivity index (χ4n) is 2.27. The van der Waals surface area contributed by atoms with Gasteiger partial charge >= 0.3 is 0 Å². The second kappa shape index (κ2) is 8.42.